The summed E-state index contributed by atoms with van der Waals surface area (Å²) in [5, 5.41) is 0. The summed E-state index contributed by atoms with van der Waals surface area (Å²) in [6, 6.07) is 19.9. The SMILES string of the molecule is C=C([Se]c1ccccc1)C(OC(C)=O)c1ccccc1. The Hall–Kier alpha value is -1.83. The van der Waals surface area contributed by atoms with Gasteiger partial charge in [-0.25, -0.2) is 0 Å². The van der Waals surface area contributed by atoms with Gasteiger partial charge in [0.1, 0.15) is 0 Å². The van der Waals surface area contributed by atoms with Gasteiger partial charge in [-0.2, -0.15) is 0 Å². The van der Waals surface area contributed by atoms with Crippen LogP contribution in [0.25, 0.3) is 0 Å². The van der Waals surface area contributed by atoms with Crippen molar-refractivity contribution < 1.29 is 9.53 Å². The Morgan fingerprint density at radius 2 is 1.60 bits per heavy atom. The predicted octanol–water partition coefficient (Wildman–Crippen LogP) is 2.83. The molecule has 0 aliphatic heterocycles. The number of carbonyl (C=O) groups excluding carboxylic acids is 1. The van der Waals surface area contributed by atoms with Gasteiger partial charge in [0.2, 0.25) is 0 Å². The molecule has 1 atom stereocenters. The van der Waals surface area contributed by atoms with Crippen LogP contribution in [0.5, 0.6) is 0 Å². The van der Waals surface area contributed by atoms with Crippen molar-refractivity contribution in [1.29, 1.82) is 0 Å². The molecule has 0 aliphatic carbocycles. The summed E-state index contributed by atoms with van der Waals surface area (Å²) in [6.07, 6.45) is -0.367. The van der Waals surface area contributed by atoms with E-state index in [9.17, 15) is 4.79 Å². The van der Waals surface area contributed by atoms with Gasteiger partial charge >= 0.3 is 125 Å². The van der Waals surface area contributed by atoms with Crippen LogP contribution in [0.4, 0.5) is 0 Å². The van der Waals surface area contributed by atoms with Gasteiger partial charge in [0.05, 0.1) is 0 Å². The number of ether oxygens (including phenoxy) is 1. The Labute approximate surface area is 125 Å². The summed E-state index contributed by atoms with van der Waals surface area (Å²) < 4.78 is 7.60. The third-order valence-corrected chi connectivity index (χ3v) is 4.74. The van der Waals surface area contributed by atoms with E-state index in [2.05, 4.69) is 18.7 Å². The van der Waals surface area contributed by atoms with Crippen molar-refractivity contribution in [3.63, 3.8) is 0 Å². The maximum atomic E-state index is 11.3. The van der Waals surface area contributed by atoms with Crippen molar-refractivity contribution in [3.05, 3.63) is 77.3 Å². The quantitative estimate of drug-likeness (QED) is 0.622. The molecular weight excluding hydrogens is 315 g/mol. The van der Waals surface area contributed by atoms with E-state index < -0.39 is 0 Å². The van der Waals surface area contributed by atoms with Crippen LogP contribution in [0.3, 0.4) is 0 Å². The van der Waals surface area contributed by atoms with Crippen molar-refractivity contribution in [2.45, 2.75) is 13.0 Å². The molecule has 0 saturated carbocycles. The van der Waals surface area contributed by atoms with E-state index in [1.165, 1.54) is 11.4 Å². The molecule has 2 aromatic carbocycles. The van der Waals surface area contributed by atoms with Gasteiger partial charge in [-0.1, -0.05) is 0 Å². The molecule has 1 unspecified atom stereocenters. The molecule has 3 heteroatoms. The van der Waals surface area contributed by atoms with Gasteiger partial charge in [0.25, 0.3) is 0 Å². The number of esters is 1. The van der Waals surface area contributed by atoms with Crippen molar-refractivity contribution in [3.8, 4) is 0 Å². The molecule has 0 bridgehead atoms. The van der Waals surface area contributed by atoms with E-state index in [1.807, 2.05) is 48.5 Å². The monoisotopic (exact) mass is 332 g/mol. The zero-order valence-electron chi connectivity index (χ0n) is 11.3. The van der Waals surface area contributed by atoms with Crippen LogP contribution in [0.2, 0.25) is 0 Å². The zero-order chi connectivity index (χ0) is 14.4. The first-order valence-electron chi connectivity index (χ1n) is 6.30. The van der Waals surface area contributed by atoms with Gasteiger partial charge in [-0.05, 0) is 0 Å². The fourth-order valence-corrected chi connectivity index (χ4v) is 3.67. The van der Waals surface area contributed by atoms with E-state index in [1.54, 1.807) is 0 Å². The fourth-order valence-electron chi connectivity index (χ4n) is 1.81. The average Bonchev–Trinajstić information content (AvgIpc) is 2.46. The summed E-state index contributed by atoms with van der Waals surface area (Å²) in [5.41, 5.74) is 0.963. The first-order chi connectivity index (χ1) is 9.66. The Morgan fingerprint density at radius 1 is 1.05 bits per heavy atom. The summed E-state index contributed by atoms with van der Waals surface area (Å²) in [5.74, 6) is -0.288. The Bertz CT molecular complexity index is 578. The third-order valence-electron chi connectivity index (χ3n) is 2.67. The van der Waals surface area contributed by atoms with Gasteiger partial charge in [-0.3, -0.25) is 0 Å². The van der Waals surface area contributed by atoms with Crippen LogP contribution in [-0.2, 0) is 9.53 Å². The Balaban J connectivity index is 2.18. The molecule has 0 aromatic heterocycles. The van der Waals surface area contributed by atoms with Crippen LogP contribution in [-0.4, -0.2) is 20.9 Å². The Kier molecular flexibility index (Phi) is 5.16. The molecule has 0 fully saturated rings. The molecule has 0 radical (unpaired) electrons. The molecule has 20 heavy (non-hydrogen) atoms. The van der Waals surface area contributed by atoms with Crippen molar-refractivity contribution in [2.24, 2.45) is 0 Å². The number of rotatable bonds is 5. The van der Waals surface area contributed by atoms with Gasteiger partial charge in [0.15, 0.2) is 0 Å². The molecule has 0 spiro atoms. The first kappa shape index (κ1) is 14.6. The minimum absolute atomic E-state index is 0.0667. The van der Waals surface area contributed by atoms with Crippen molar-refractivity contribution >= 4 is 25.4 Å². The van der Waals surface area contributed by atoms with Crippen LogP contribution >= 0.6 is 0 Å². The van der Waals surface area contributed by atoms with E-state index >= 15 is 0 Å². The minimum atomic E-state index is -0.367. The molecule has 2 aromatic rings. The second-order valence-electron chi connectivity index (χ2n) is 4.28. The molecule has 0 aliphatic rings. The van der Waals surface area contributed by atoms with Crippen molar-refractivity contribution in [2.75, 3.05) is 0 Å². The van der Waals surface area contributed by atoms with Gasteiger partial charge < -0.3 is 0 Å². The van der Waals surface area contributed by atoms with E-state index in [0.717, 1.165) is 10.0 Å². The maximum absolute atomic E-state index is 11.3. The molecule has 0 saturated heterocycles. The second kappa shape index (κ2) is 7.09. The third kappa shape index (κ3) is 4.09. The van der Waals surface area contributed by atoms with Gasteiger partial charge in [-0.15, -0.1) is 0 Å². The van der Waals surface area contributed by atoms with Crippen LogP contribution < -0.4 is 4.46 Å². The van der Waals surface area contributed by atoms with Crippen LogP contribution in [0.15, 0.2) is 71.7 Å². The normalized spacial score (nSPS) is 11.7. The number of carbonyl (C=O) groups is 1. The molecule has 0 N–H and O–H groups in total. The summed E-state index contributed by atoms with van der Waals surface area (Å²) in [6.45, 7) is 5.56. The first-order valence-corrected chi connectivity index (χ1v) is 8.02. The molecule has 2 nitrogen and oxygen atoms in total. The topological polar surface area (TPSA) is 26.3 Å². The van der Waals surface area contributed by atoms with Crippen LogP contribution in [0, 0.1) is 0 Å². The number of benzene rings is 2. The standard InChI is InChI=1S/C17H16O2Se/c1-13(20-16-11-7-4-8-12-16)17(19-14(2)18)15-9-5-3-6-10-15/h3-12,17H,1H2,2H3. The summed E-state index contributed by atoms with van der Waals surface area (Å²) in [4.78, 5) is 11.3. The molecule has 102 valence electrons. The zero-order valence-corrected chi connectivity index (χ0v) is 13.0. The number of hydrogen-bond acceptors (Lipinski definition) is 2. The van der Waals surface area contributed by atoms with Crippen molar-refractivity contribution in [1.82, 2.24) is 0 Å². The Morgan fingerprint density at radius 3 is 2.15 bits per heavy atom. The molecule has 0 heterocycles. The molecule has 0 amide bonds. The predicted molar refractivity (Wildman–Crippen MR) is 81.9 cm³/mol. The van der Waals surface area contributed by atoms with E-state index in [0.29, 0.717) is 0 Å². The summed E-state index contributed by atoms with van der Waals surface area (Å²) >= 11 is 0.0667. The number of hydrogen-bond donors (Lipinski definition) is 0. The molecule has 2 rings (SSSR count). The summed E-state index contributed by atoms with van der Waals surface area (Å²) in [7, 11) is 0. The van der Waals surface area contributed by atoms with E-state index in [4.69, 9.17) is 4.74 Å². The molecular formula is C17H16O2Se. The van der Waals surface area contributed by atoms with E-state index in [-0.39, 0.29) is 27.0 Å². The fraction of sp³-hybridized carbons (Fsp3) is 0.118. The second-order valence-corrected chi connectivity index (χ2v) is 6.80. The van der Waals surface area contributed by atoms with Crippen LogP contribution in [0.1, 0.15) is 18.6 Å². The van der Waals surface area contributed by atoms with Gasteiger partial charge in [0, 0.05) is 0 Å². The average molecular weight is 331 g/mol.